The lowest BCUT2D eigenvalue weighted by Gasteiger charge is -2.09. The van der Waals surface area contributed by atoms with Crippen LogP contribution in [0.15, 0.2) is 49.8 Å². The van der Waals surface area contributed by atoms with Crippen LogP contribution < -0.4 is 5.32 Å². The molecule has 0 atom stereocenters. The Morgan fingerprint density at radius 3 is 2.42 bits per heavy atom. The number of halogens is 3. The summed E-state index contributed by atoms with van der Waals surface area (Å²) in [6, 6.07) is 11.3. The Kier molecular flexibility index (Phi) is 4.81. The highest BCUT2D eigenvalue weighted by Crippen LogP contribution is 2.26. The maximum atomic E-state index is 12.2. The summed E-state index contributed by atoms with van der Waals surface area (Å²) in [6.45, 7) is 2.00. The second kappa shape index (κ2) is 6.20. The Hall–Kier alpha value is -0.650. The van der Waals surface area contributed by atoms with Crippen LogP contribution in [-0.2, 0) is 0 Å². The van der Waals surface area contributed by atoms with Crippen LogP contribution in [0.1, 0.15) is 15.9 Å². The lowest BCUT2D eigenvalue weighted by Crippen LogP contribution is -2.13. The van der Waals surface area contributed by atoms with Gasteiger partial charge >= 0.3 is 0 Å². The number of amides is 1. The Morgan fingerprint density at radius 1 is 1.00 bits per heavy atom. The van der Waals surface area contributed by atoms with Crippen molar-refractivity contribution in [3.8, 4) is 0 Å². The van der Waals surface area contributed by atoms with Gasteiger partial charge in [-0.1, -0.05) is 22.0 Å². The maximum Gasteiger partial charge on any atom is 0.256 e. The van der Waals surface area contributed by atoms with Gasteiger partial charge in [0, 0.05) is 13.4 Å². The third-order valence-corrected chi connectivity index (χ3v) is 4.39. The van der Waals surface area contributed by atoms with Crippen molar-refractivity contribution in [3.05, 3.63) is 60.9 Å². The third kappa shape index (κ3) is 3.68. The Morgan fingerprint density at radius 2 is 1.74 bits per heavy atom. The first-order valence-electron chi connectivity index (χ1n) is 5.50. The van der Waals surface area contributed by atoms with E-state index < -0.39 is 0 Å². The van der Waals surface area contributed by atoms with E-state index in [0.717, 1.165) is 24.7 Å². The highest BCUT2D eigenvalue weighted by Gasteiger charge is 2.12. The van der Waals surface area contributed by atoms with E-state index in [4.69, 9.17) is 0 Å². The normalized spacial score (nSPS) is 10.3. The van der Waals surface area contributed by atoms with E-state index in [9.17, 15) is 4.79 Å². The molecule has 1 amide bonds. The molecule has 2 aromatic carbocycles. The number of nitrogens with one attached hydrogen (secondary N) is 1. The summed E-state index contributed by atoms with van der Waals surface area (Å²) in [5.74, 6) is -0.155. The molecule has 2 nitrogen and oxygen atoms in total. The van der Waals surface area contributed by atoms with Gasteiger partial charge < -0.3 is 5.32 Å². The molecule has 0 heterocycles. The molecule has 0 aliphatic heterocycles. The molecule has 2 rings (SSSR count). The largest absolute Gasteiger partial charge is 0.321 e. The van der Waals surface area contributed by atoms with E-state index in [2.05, 4.69) is 53.1 Å². The number of rotatable bonds is 2. The second-order valence-corrected chi connectivity index (χ2v) is 6.69. The van der Waals surface area contributed by atoms with Gasteiger partial charge in [-0.15, -0.1) is 0 Å². The second-order valence-electron chi connectivity index (χ2n) is 4.06. The van der Waals surface area contributed by atoms with Crippen molar-refractivity contribution in [2.24, 2.45) is 0 Å². The molecule has 0 spiro atoms. The van der Waals surface area contributed by atoms with E-state index in [-0.39, 0.29) is 5.91 Å². The third-order valence-electron chi connectivity index (χ3n) is 2.55. The fourth-order valence-electron chi connectivity index (χ4n) is 1.58. The minimum atomic E-state index is -0.155. The zero-order chi connectivity index (χ0) is 14.0. The number of carbonyl (C=O) groups excluding carboxylic acids is 1. The lowest BCUT2D eigenvalue weighted by molar-refractivity contribution is 0.102. The van der Waals surface area contributed by atoms with Crippen LogP contribution in [0.3, 0.4) is 0 Å². The van der Waals surface area contributed by atoms with E-state index in [1.165, 1.54) is 0 Å². The molecule has 0 aliphatic carbocycles. The molecule has 0 aliphatic rings. The van der Waals surface area contributed by atoms with Gasteiger partial charge in [-0.2, -0.15) is 0 Å². The average molecular weight is 448 g/mol. The SMILES string of the molecule is Cc1ccc(NC(=O)c2cc(Br)ccc2Br)c(Br)c1. The van der Waals surface area contributed by atoms with Crippen molar-refractivity contribution < 1.29 is 4.79 Å². The van der Waals surface area contributed by atoms with Crippen molar-refractivity contribution in [1.82, 2.24) is 0 Å². The summed E-state index contributed by atoms with van der Waals surface area (Å²) in [4.78, 5) is 12.2. The van der Waals surface area contributed by atoms with Crippen LogP contribution in [0.5, 0.6) is 0 Å². The summed E-state index contributed by atoms with van der Waals surface area (Å²) >= 11 is 10.2. The molecule has 0 unspecified atom stereocenters. The molecule has 19 heavy (non-hydrogen) atoms. The van der Waals surface area contributed by atoms with Crippen molar-refractivity contribution >= 4 is 59.4 Å². The molecule has 0 saturated heterocycles. The zero-order valence-electron chi connectivity index (χ0n) is 10.0. The number of anilines is 1. The maximum absolute atomic E-state index is 12.2. The van der Waals surface area contributed by atoms with Gasteiger partial charge in [-0.25, -0.2) is 0 Å². The van der Waals surface area contributed by atoms with Crippen LogP contribution in [0.25, 0.3) is 0 Å². The van der Waals surface area contributed by atoms with E-state index in [0.29, 0.717) is 5.56 Å². The van der Waals surface area contributed by atoms with Crippen molar-refractivity contribution in [3.63, 3.8) is 0 Å². The van der Waals surface area contributed by atoms with Crippen molar-refractivity contribution in [2.45, 2.75) is 6.92 Å². The monoisotopic (exact) mass is 445 g/mol. The molecule has 0 saturated carbocycles. The van der Waals surface area contributed by atoms with E-state index >= 15 is 0 Å². The molecule has 98 valence electrons. The van der Waals surface area contributed by atoms with Crippen LogP contribution in [0, 0.1) is 6.92 Å². The number of aryl methyl sites for hydroxylation is 1. The van der Waals surface area contributed by atoms with Crippen molar-refractivity contribution in [1.29, 1.82) is 0 Å². The van der Waals surface area contributed by atoms with E-state index in [1.54, 1.807) is 6.07 Å². The summed E-state index contributed by atoms with van der Waals surface area (Å²) in [5.41, 5.74) is 2.47. The van der Waals surface area contributed by atoms with Gasteiger partial charge in [0.2, 0.25) is 0 Å². The van der Waals surface area contributed by atoms with Gasteiger partial charge in [0.15, 0.2) is 0 Å². The minimum Gasteiger partial charge on any atom is -0.321 e. The van der Waals surface area contributed by atoms with Gasteiger partial charge in [-0.05, 0) is 74.7 Å². The molecule has 0 radical (unpaired) electrons. The number of benzene rings is 2. The fraction of sp³-hybridized carbons (Fsp3) is 0.0714. The number of hydrogen-bond donors (Lipinski definition) is 1. The van der Waals surface area contributed by atoms with Gasteiger partial charge in [0.1, 0.15) is 0 Å². The highest BCUT2D eigenvalue weighted by molar-refractivity contribution is 9.11. The lowest BCUT2D eigenvalue weighted by atomic mass is 10.2. The zero-order valence-corrected chi connectivity index (χ0v) is 14.8. The summed E-state index contributed by atoms with van der Waals surface area (Å²) in [6.07, 6.45) is 0. The van der Waals surface area contributed by atoms with Crippen LogP contribution in [0.4, 0.5) is 5.69 Å². The Bertz CT molecular complexity index is 641. The number of hydrogen-bond acceptors (Lipinski definition) is 1. The minimum absolute atomic E-state index is 0.155. The first-order chi connectivity index (χ1) is 8.97. The standard InChI is InChI=1S/C14H10Br3NO/c1-8-2-5-13(12(17)6-8)18-14(19)10-7-9(15)3-4-11(10)16/h2-7H,1H3,(H,18,19). The Balaban J connectivity index is 2.28. The molecule has 1 N–H and O–H groups in total. The van der Waals surface area contributed by atoms with Crippen molar-refractivity contribution in [2.75, 3.05) is 5.32 Å². The summed E-state index contributed by atoms with van der Waals surface area (Å²) in [7, 11) is 0. The highest BCUT2D eigenvalue weighted by atomic mass is 79.9. The molecule has 2 aromatic rings. The predicted molar refractivity (Wildman–Crippen MR) is 88.7 cm³/mol. The predicted octanol–water partition coefficient (Wildman–Crippen LogP) is 5.53. The summed E-state index contributed by atoms with van der Waals surface area (Å²) < 4.78 is 2.49. The Labute approximate surface area is 137 Å². The van der Waals surface area contributed by atoms with E-state index in [1.807, 2.05) is 37.3 Å². The number of carbonyl (C=O) groups is 1. The van der Waals surface area contributed by atoms with Gasteiger partial charge in [0.25, 0.3) is 5.91 Å². The molecule has 0 bridgehead atoms. The first kappa shape index (κ1) is 14.8. The molecular formula is C14H10Br3NO. The fourth-order valence-corrected chi connectivity index (χ4v) is 2.96. The van der Waals surface area contributed by atoms with Gasteiger partial charge in [-0.3, -0.25) is 4.79 Å². The average Bonchev–Trinajstić information content (AvgIpc) is 2.35. The molecular weight excluding hydrogens is 438 g/mol. The molecule has 0 aromatic heterocycles. The smallest absolute Gasteiger partial charge is 0.256 e. The first-order valence-corrected chi connectivity index (χ1v) is 7.88. The van der Waals surface area contributed by atoms with Gasteiger partial charge in [0.05, 0.1) is 11.3 Å². The topological polar surface area (TPSA) is 29.1 Å². The van der Waals surface area contributed by atoms with Crippen LogP contribution in [-0.4, -0.2) is 5.91 Å². The quantitative estimate of drug-likeness (QED) is 0.643. The van der Waals surface area contributed by atoms with Crippen LogP contribution in [0.2, 0.25) is 0 Å². The summed E-state index contributed by atoms with van der Waals surface area (Å²) in [5, 5.41) is 2.89. The molecule has 0 fully saturated rings. The molecule has 5 heteroatoms. The van der Waals surface area contributed by atoms with Crippen LogP contribution >= 0.6 is 47.8 Å².